The Morgan fingerprint density at radius 3 is 2.09 bits per heavy atom. The van der Waals surface area contributed by atoms with Gasteiger partial charge < -0.3 is 0 Å². The molecule has 0 N–H and O–H groups in total. The Morgan fingerprint density at radius 2 is 1.64 bits per heavy atom. The molecule has 0 radical (unpaired) electrons. The van der Waals surface area contributed by atoms with Crippen LogP contribution in [0.2, 0.25) is 13.1 Å². The fourth-order valence-electron chi connectivity index (χ4n) is 1.85. The Hall–Kier alpha value is -0.342. The predicted octanol–water partition coefficient (Wildman–Crippen LogP) is 2.03. The number of carbonyl (C=O) groups excluding carboxylic acids is 1. The summed E-state index contributed by atoms with van der Waals surface area (Å²) in [6, 6.07) is 2.23. The minimum atomic E-state index is -1.94. The third kappa shape index (κ3) is 7.78. The molecule has 0 aromatic carbocycles. The number of hydrogen-bond acceptors (Lipinski definition) is 6. The van der Waals surface area contributed by atoms with Gasteiger partial charge in [0.1, 0.15) is 0 Å². The number of methoxy groups -OCH3 is 1. The van der Waals surface area contributed by atoms with Crippen LogP contribution in [-0.4, -0.2) is 72.9 Å². The van der Waals surface area contributed by atoms with Crippen molar-refractivity contribution in [3.8, 4) is 6.07 Å². The molecule has 0 amide bonds. The quantitative estimate of drug-likeness (QED) is 0.256. The summed E-state index contributed by atoms with van der Waals surface area (Å²) in [6.07, 6.45) is 1.40. The van der Waals surface area contributed by atoms with Gasteiger partial charge in [-0.15, -0.1) is 0 Å². The molecule has 0 heterocycles. The molecule has 6 nitrogen and oxygen atoms in total. The van der Waals surface area contributed by atoms with Crippen molar-refractivity contribution < 1.29 is 23.7 Å². The summed E-state index contributed by atoms with van der Waals surface area (Å²) in [4.78, 5) is 16.3. The topological polar surface area (TPSA) is 77.8 Å². The van der Waals surface area contributed by atoms with E-state index in [-0.39, 0.29) is 12.6 Å². The summed E-state index contributed by atoms with van der Waals surface area (Å²) in [5.74, 6) is -0.371. The number of nitriles is 1. The van der Waals surface area contributed by atoms with E-state index in [4.69, 9.17) is 18.9 Å². The zero-order valence-electron chi connectivity index (χ0n) is 14.1. The van der Waals surface area contributed by atoms with Gasteiger partial charge in [0.2, 0.25) is 0 Å². The summed E-state index contributed by atoms with van der Waals surface area (Å²) in [6.45, 7) is 4.51. The van der Waals surface area contributed by atoms with Crippen molar-refractivity contribution >= 4 is 26.2 Å². The third-order valence-electron chi connectivity index (χ3n) is 3.16. The van der Waals surface area contributed by atoms with Gasteiger partial charge in [0.05, 0.1) is 0 Å². The molecule has 0 aliphatic carbocycles. The molecule has 1 unspecified atom stereocenters. The van der Waals surface area contributed by atoms with Crippen molar-refractivity contribution in [2.24, 2.45) is 0 Å². The van der Waals surface area contributed by atoms with Crippen LogP contribution in [0.3, 0.4) is 0 Å². The molecule has 7 heteroatoms. The molecule has 0 bridgehead atoms. The minimum absolute atomic E-state index is 0.179. The van der Waals surface area contributed by atoms with E-state index in [0.717, 1.165) is 6.42 Å². The molecule has 0 aromatic rings. The van der Waals surface area contributed by atoms with Crippen LogP contribution in [0.15, 0.2) is 0 Å². The zero-order chi connectivity index (χ0) is 16.8. The third-order valence-corrected chi connectivity index (χ3v) is 8.97. The van der Waals surface area contributed by atoms with E-state index in [1.807, 2.05) is 6.92 Å². The number of nitrogens with zero attached hydrogens (tertiary/aromatic N) is 1. The van der Waals surface area contributed by atoms with E-state index in [0.29, 0.717) is 39.5 Å². The normalized spacial score (nSPS) is 13.6. The zero-order valence-corrected chi connectivity index (χ0v) is 16.6. The Kier molecular flexibility index (Phi) is 12.9. The Bertz CT molecular complexity index is 345. The molecule has 0 saturated heterocycles. The average molecular weight is 424 g/mol. The van der Waals surface area contributed by atoms with Crippen molar-refractivity contribution in [1.82, 2.24) is 0 Å². The van der Waals surface area contributed by atoms with Crippen LogP contribution in [0.4, 0.5) is 0 Å². The number of rotatable bonds is 13. The summed E-state index contributed by atoms with van der Waals surface area (Å²) < 4.78 is 19.8. The van der Waals surface area contributed by atoms with E-state index in [1.54, 1.807) is 7.11 Å². The molecule has 0 fully saturated rings. The molecule has 0 saturated carbocycles. The fourth-order valence-corrected chi connectivity index (χ4v) is 5.56. The van der Waals surface area contributed by atoms with Crippen LogP contribution in [0, 0.1) is 11.3 Å². The Balaban J connectivity index is 3.94. The molecule has 0 aliphatic heterocycles. The van der Waals surface area contributed by atoms with Crippen molar-refractivity contribution in [2.75, 3.05) is 46.8 Å². The maximum absolute atomic E-state index is 12.2. The van der Waals surface area contributed by atoms with Gasteiger partial charge in [0.15, 0.2) is 0 Å². The van der Waals surface area contributed by atoms with Gasteiger partial charge in [-0.05, 0) is 0 Å². The van der Waals surface area contributed by atoms with E-state index in [9.17, 15) is 10.1 Å². The van der Waals surface area contributed by atoms with Crippen molar-refractivity contribution in [1.29, 1.82) is 5.26 Å². The molecule has 22 heavy (non-hydrogen) atoms. The van der Waals surface area contributed by atoms with Crippen molar-refractivity contribution in [2.45, 2.75) is 32.9 Å². The summed E-state index contributed by atoms with van der Waals surface area (Å²) in [5, 5.41) is 9.43. The van der Waals surface area contributed by atoms with E-state index < -0.39 is 23.6 Å². The van der Waals surface area contributed by atoms with Crippen LogP contribution >= 0.6 is 0 Å². The van der Waals surface area contributed by atoms with Crippen LogP contribution in [0.1, 0.15) is 19.8 Å². The summed E-state index contributed by atoms with van der Waals surface area (Å²) >= 11 is -1.94. The molecular formula is C15H28NO5Sb. The fraction of sp³-hybridized carbons (Fsp3) is 0.867. The Morgan fingerprint density at radius 1 is 1.09 bits per heavy atom. The SMILES string of the molecule is CCC[C](C#N)(C(=O)OCCOCCOCCOC)[Sb]([CH3])[CH3]. The van der Waals surface area contributed by atoms with E-state index in [2.05, 4.69) is 15.8 Å². The molecule has 0 aromatic heterocycles. The first-order valence-corrected chi connectivity index (χ1v) is 13.8. The summed E-state index contributed by atoms with van der Waals surface area (Å²) in [5.41, 5.74) is 0. The van der Waals surface area contributed by atoms with Gasteiger partial charge in [-0.25, -0.2) is 0 Å². The first-order valence-electron chi connectivity index (χ1n) is 7.45. The molecule has 128 valence electrons. The predicted molar refractivity (Wildman–Crippen MR) is 85.2 cm³/mol. The van der Waals surface area contributed by atoms with E-state index in [1.165, 1.54) is 0 Å². The second-order valence-corrected chi connectivity index (χ2v) is 12.3. The van der Waals surface area contributed by atoms with Crippen LogP contribution in [0.25, 0.3) is 0 Å². The standard InChI is InChI=1S/C13H22NO5.2CH3.Sb/c1-3-4-12(11-14)13(15)19-10-9-18-8-7-17-6-5-16-2;;;/h3-10H2,1-2H3;2*1H3;. The number of ether oxygens (including phenoxy) is 4. The number of hydrogen-bond donors (Lipinski definition) is 0. The van der Waals surface area contributed by atoms with Gasteiger partial charge in [-0.1, -0.05) is 0 Å². The first kappa shape index (κ1) is 21.7. The first-order chi connectivity index (χ1) is 10.5. The van der Waals surface area contributed by atoms with Crippen LogP contribution in [-0.2, 0) is 23.7 Å². The summed E-state index contributed by atoms with van der Waals surface area (Å²) in [7, 11) is 1.62. The van der Waals surface area contributed by atoms with Crippen molar-refractivity contribution in [3.63, 3.8) is 0 Å². The van der Waals surface area contributed by atoms with Gasteiger partial charge in [0.25, 0.3) is 0 Å². The van der Waals surface area contributed by atoms with Crippen molar-refractivity contribution in [3.05, 3.63) is 0 Å². The van der Waals surface area contributed by atoms with Crippen LogP contribution in [0.5, 0.6) is 0 Å². The molecule has 0 spiro atoms. The average Bonchev–Trinajstić information content (AvgIpc) is 2.50. The van der Waals surface area contributed by atoms with Gasteiger partial charge in [0, 0.05) is 7.11 Å². The molecule has 0 rings (SSSR count). The Labute approximate surface area is 141 Å². The molecular weight excluding hydrogens is 396 g/mol. The number of carbonyl (C=O) groups is 1. The van der Waals surface area contributed by atoms with Gasteiger partial charge in [-0.2, -0.15) is 0 Å². The molecule has 0 aliphatic rings. The van der Waals surface area contributed by atoms with E-state index >= 15 is 0 Å². The number of esters is 1. The van der Waals surface area contributed by atoms with Gasteiger partial charge >= 0.3 is 134 Å². The van der Waals surface area contributed by atoms with Gasteiger partial charge in [-0.3, -0.25) is 0 Å². The second kappa shape index (κ2) is 13.1. The van der Waals surface area contributed by atoms with Crippen LogP contribution < -0.4 is 0 Å². The monoisotopic (exact) mass is 423 g/mol. The maximum atomic E-state index is 12.2. The molecule has 1 atom stereocenters. The second-order valence-electron chi connectivity index (χ2n) is 4.97.